The summed E-state index contributed by atoms with van der Waals surface area (Å²) in [6.45, 7) is 4.62. The monoisotopic (exact) mass is 320 g/mol. The average molecular weight is 320 g/mol. The Morgan fingerprint density at radius 2 is 2.23 bits per heavy atom. The van der Waals surface area contributed by atoms with Gasteiger partial charge >= 0.3 is 0 Å². The SMILES string of the molecule is Cc1c(C(=O)N2CCCCC2C(C)N)sc2ccc(F)cc12. The van der Waals surface area contributed by atoms with E-state index in [0.717, 1.165) is 41.5 Å². The summed E-state index contributed by atoms with van der Waals surface area (Å²) < 4.78 is 14.4. The first-order valence-corrected chi connectivity index (χ1v) is 8.56. The molecule has 0 radical (unpaired) electrons. The first-order chi connectivity index (χ1) is 10.5. The van der Waals surface area contributed by atoms with Gasteiger partial charge in [0.25, 0.3) is 5.91 Å². The number of aryl methyl sites for hydroxylation is 1. The second kappa shape index (κ2) is 5.97. The minimum absolute atomic E-state index is 0.0311. The van der Waals surface area contributed by atoms with Crippen LogP contribution in [0, 0.1) is 12.7 Å². The molecule has 5 heteroatoms. The Kier molecular flexibility index (Phi) is 4.19. The van der Waals surface area contributed by atoms with Crippen molar-refractivity contribution in [1.29, 1.82) is 0 Å². The van der Waals surface area contributed by atoms with E-state index in [-0.39, 0.29) is 23.8 Å². The molecule has 1 fully saturated rings. The molecule has 22 heavy (non-hydrogen) atoms. The number of nitrogens with zero attached hydrogens (tertiary/aromatic N) is 1. The smallest absolute Gasteiger partial charge is 0.264 e. The third kappa shape index (κ3) is 2.63. The van der Waals surface area contributed by atoms with E-state index in [0.29, 0.717) is 4.88 Å². The third-order valence-corrected chi connectivity index (χ3v) is 5.77. The molecule has 2 atom stereocenters. The lowest BCUT2D eigenvalue weighted by Gasteiger charge is -2.38. The van der Waals surface area contributed by atoms with Crippen LogP contribution >= 0.6 is 11.3 Å². The molecule has 2 unspecified atom stereocenters. The number of hydrogen-bond acceptors (Lipinski definition) is 3. The van der Waals surface area contributed by atoms with E-state index in [1.165, 1.54) is 23.5 Å². The van der Waals surface area contributed by atoms with Crippen LogP contribution in [-0.2, 0) is 0 Å². The number of benzene rings is 1. The number of amides is 1. The van der Waals surface area contributed by atoms with E-state index in [1.807, 2.05) is 18.7 Å². The number of rotatable bonds is 2. The highest BCUT2D eigenvalue weighted by atomic mass is 32.1. The summed E-state index contributed by atoms with van der Waals surface area (Å²) in [4.78, 5) is 15.6. The Labute approximate surface area is 133 Å². The van der Waals surface area contributed by atoms with Crippen LogP contribution in [0.3, 0.4) is 0 Å². The standard InChI is InChI=1S/C17H21FN2OS/c1-10-13-9-12(18)6-7-15(13)22-16(10)17(21)20-8-4-3-5-14(20)11(2)19/h6-7,9,11,14H,3-5,8,19H2,1-2H3. The van der Waals surface area contributed by atoms with Crippen molar-refractivity contribution in [2.24, 2.45) is 5.73 Å². The van der Waals surface area contributed by atoms with Crippen molar-refractivity contribution in [3.8, 4) is 0 Å². The van der Waals surface area contributed by atoms with E-state index >= 15 is 0 Å². The van der Waals surface area contributed by atoms with Crippen LogP contribution in [0.5, 0.6) is 0 Å². The van der Waals surface area contributed by atoms with Crippen LogP contribution in [0.2, 0.25) is 0 Å². The molecule has 3 rings (SSSR count). The van der Waals surface area contributed by atoms with Gasteiger partial charge < -0.3 is 10.6 Å². The number of carbonyl (C=O) groups is 1. The van der Waals surface area contributed by atoms with Gasteiger partial charge in [0.1, 0.15) is 5.82 Å². The number of halogens is 1. The van der Waals surface area contributed by atoms with Crippen molar-refractivity contribution in [3.63, 3.8) is 0 Å². The fourth-order valence-electron chi connectivity index (χ4n) is 3.28. The first-order valence-electron chi connectivity index (χ1n) is 7.74. The van der Waals surface area contributed by atoms with Crippen molar-refractivity contribution in [1.82, 2.24) is 4.90 Å². The normalized spacial score (nSPS) is 20.4. The van der Waals surface area contributed by atoms with E-state index in [1.54, 1.807) is 6.07 Å². The maximum atomic E-state index is 13.4. The number of hydrogen-bond donors (Lipinski definition) is 1. The molecular formula is C17H21FN2OS. The van der Waals surface area contributed by atoms with Crippen LogP contribution in [0.1, 0.15) is 41.4 Å². The fourth-order valence-corrected chi connectivity index (χ4v) is 4.43. The average Bonchev–Trinajstić information content (AvgIpc) is 2.83. The van der Waals surface area contributed by atoms with Crippen molar-refractivity contribution in [2.75, 3.05) is 6.54 Å². The van der Waals surface area contributed by atoms with Gasteiger partial charge in [0.05, 0.1) is 4.88 Å². The number of thiophene rings is 1. The maximum absolute atomic E-state index is 13.4. The summed E-state index contributed by atoms with van der Waals surface area (Å²) in [5.41, 5.74) is 6.94. The molecule has 0 saturated carbocycles. The van der Waals surface area contributed by atoms with Crippen LogP contribution in [0.25, 0.3) is 10.1 Å². The van der Waals surface area contributed by atoms with Gasteiger partial charge in [-0.3, -0.25) is 4.79 Å². The fraction of sp³-hybridized carbons (Fsp3) is 0.471. The van der Waals surface area contributed by atoms with Gasteiger partial charge in [-0.05, 0) is 62.3 Å². The van der Waals surface area contributed by atoms with Crippen LogP contribution in [0.15, 0.2) is 18.2 Å². The highest BCUT2D eigenvalue weighted by Crippen LogP contribution is 2.33. The zero-order valence-electron chi connectivity index (χ0n) is 12.9. The quantitative estimate of drug-likeness (QED) is 0.917. The van der Waals surface area contributed by atoms with Crippen molar-refractivity contribution in [2.45, 2.75) is 45.2 Å². The molecule has 1 aliphatic heterocycles. The molecule has 0 spiro atoms. The van der Waals surface area contributed by atoms with Gasteiger partial charge in [0.15, 0.2) is 0 Å². The Morgan fingerprint density at radius 3 is 2.95 bits per heavy atom. The highest BCUT2D eigenvalue weighted by molar-refractivity contribution is 7.21. The number of nitrogens with two attached hydrogens (primary N) is 1. The Hall–Kier alpha value is -1.46. The van der Waals surface area contributed by atoms with Crippen LogP contribution in [-0.4, -0.2) is 29.4 Å². The number of piperidine rings is 1. The van der Waals surface area contributed by atoms with Gasteiger partial charge in [-0.2, -0.15) is 0 Å². The van der Waals surface area contributed by atoms with Gasteiger partial charge in [-0.25, -0.2) is 4.39 Å². The maximum Gasteiger partial charge on any atom is 0.264 e. The van der Waals surface area contributed by atoms with Gasteiger partial charge in [0, 0.05) is 23.3 Å². The molecule has 1 saturated heterocycles. The van der Waals surface area contributed by atoms with E-state index in [9.17, 15) is 9.18 Å². The predicted octanol–water partition coefficient (Wildman–Crippen LogP) is 3.69. The van der Waals surface area contributed by atoms with E-state index in [2.05, 4.69) is 0 Å². The predicted molar refractivity (Wildman–Crippen MR) is 88.8 cm³/mol. The van der Waals surface area contributed by atoms with Gasteiger partial charge in [-0.15, -0.1) is 11.3 Å². The molecule has 1 amide bonds. The lowest BCUT2D eigenvalue weighted by molar-refractivity contribution is 0.0588. The molecule has 2 aromatic rings. The molecule has 1 aromatic heterocycles. The lowest BCUT2D eigenvalue weighted by Crippen LogP contribution is -2.51. The molecule has 2 heterocycles. The summed E-state index contributed by atoms with van der Waals surface area (Å²) in [5.74, 6) is -0.222. The summed E-state index contributed by atoms with van der Waals surface area (Å²) in [6.07, 6.45) is 3.10. The first kappa shape index (κ1) is 15.4. The van der Waals surface area contributed by atoms with E-state index < -0.39 is 0 Å². The van der Waals surface area contributed by atoms with Crippen LogP contribution in [0.4, 0.5) is 4.39 Å². The van der Waals surface area contributed by atoms with Crippen molar-refractivity contribution >= 4 is 27.3 Å². The Morgan fingerprint density at radius 1 is 1.45 bits per heavy atom. The summed E-state index contributed by atoms with van der Waals surface area (Å²) in [7, 11) is 0. The summed E-state index contributed by atoms with van der Waals surface area (Å²) in [5, 5.41) is 0.836. The summed E-state index contributed by atoms with van der Waals surface area (Å²) in [6, 6.07) is 4.77. The molecule has 1 aliphatic rings. The largest absolute Gasteiger partial charge is 0.333 e. The van der Waals surface area contributed by atoms with Crippen molar-refractivity contribution in [3.05, 3.63) is 34.5 Å². The number of fused-ring (bicyclic) bond motifs is 1. The Bertz CT molecular complexity index is 710. The zero-order chi connectivity index (χ0) is 15.9. The van der Waals surface area contributed by atoms with E-state index in [4.69, 9.17) is 5.73 Å². The lowest BCUT2D eigenvalue weighted by atomic mass is 9.96. The number of likely N-dealkylation sites (tertiary alicyclic amines) is 1. The molecule has 0 bridgehead atoms. The third-order valence-electron chi connectivity index (χ3n) is 4.51. The second-order valence-corrected chi connectivity index (χ2v) is 7.17. The minimum atomic E-state index is -0.265. The number of carbonyl (C=O) groups excluding carboxylic acids is 1. The minimum Gasteiger partial charge on any atom is -0.333 e. The van der Waals surface area contributed by atoms with Gasteiger partial charge in [-0.1, -0.05) is 0 Å². The molecule has 2 N–H and O–H groups in total. The van der Waals surface area contributed by atoms with Crippen molar-refractivity contribution < 1.29 is 9.18 Å². The molecule has 1 aromatic carbocycles. The van der Waals surface area contributed by atoms with Gasteiger partial charge in [0.2, 0.25) is 0 Å². The molecule has 118 valence electrons. The topological polar surface area (TPSA) is 46.3 Å². The van der Waals surface area contributed by atoms with Crippen LogP contribution < -0.4 is 5.73 Å². The summed E-state index contributed by atoms with van der Waals surface area (Å²) >= 11 is 1.45. The highest BCUT2D eigenvalue weighted by Gasteiger charge is 2.31. The molecule has 3 nitrogen and oxygen atoms in total. The molecular weight excluding hydrogens is 299 g/mol. The molecule has 0 aliphatic carbocycles. The second-order valence-electron chi connectivity index (χ2n) is 6.12. The zero-order valence-corrected chi connectivity index (χ0v) is 13.8. The Balaban J connectivity index is 1.99.